The van der Waals surface area contributed by atoms with Gasteiger partial charge in [0.2, 0.25) is 0 Å². The average molecular weight is 237 g/mol. The highest BCUT2D eigenvalue weighted by molar-refractivity contribution is 8.10. The minimum absolute atomic E-state index is 0.445. The molecule has 1 aromatic heterocycles. The van der Waals surface area contributed by atoms with E-state index in [1.54, 1.807) is 12.4 Å². The predicted octanol–water partition coefficient (Wildman–Crippen LogP) is 2.01. The molecule has 0 aliphatic carbocycles. The van der Waals surface area contributed by atoms with Gasteiger partial charge >= 0.3 is 0 Å². The van der Waals surface area contributed by atoms with Gasteiger partial charge in [0.25, 0.3) is 0 Å². The van der Waals surface area contributed by atoms with Crippen LogP contribution in [0.1, 0.15) is 12.0 Å². The van der Waals surface area contributed by atoms with E-state index in [4.69, 9.17) is 17.5 Å². The topological polar surface area (TPSA) is 39.9 Å². The van der Waals surface area contributed by atoms with Crippen molar-refractivity contribution >= 4 is 29.2 Å². The van der Waals surface area contributed by atoms with E-state index < -0.39 is 0 Å². The molecule has 3 nitrogen and oxygen atoms in total. The third kappa shape index (κ3) is 4.28. The normalized spacial score (nSPS) is 9.33. The first-order valence-electron chi connectivity index (χ1n) is 4.47. The first-order valence-corrected chi connectivity index (χ1v) is 5.33. The predicted molar refractivity (Wildman–Crippen MR) is 66.5 cm³/mol. The van der Waals surface area contributed by atoms with Crippen molar-refractivity contribution in [2.45, 2.75) is 13.0 Å². The summed E-state index contributed by atoms with van der Waals surface area (Å²) >= 11 is 9.11. The Morgan fingerprint density at radius 3 is 3.00 bits per heavy atom. The Balaban J connectivity index is 2.60. The molecular formula is C10H11N3S2. The number of nitriles is 1. The molecule has 0 N–H and O–H groups in total. The van der Waals surface area contributed by atoms with E-state index >= 15 is 0 Å². The summed E-state index contributed by atoms with van der Waals surface area (Å²) in [7, 11) is 0. The Hall–Kier alpha value is -1.12. The van der Waals surface area contributed by atoms with Gasteiger partial charge in [-0.05, 0) is 11.6 Å². The zero-order valence-corrected chi connectivity index (χ0v) is 9.84. The van der Waals surface area contributed by atoms with Gasteiger partial charge in [-0.2, -0.15) is 5.26 Å². The highest BCUT2D eigenvalue weighted by Crippen LogP contribution is 2.06. The van der Waals surface area contributed by atoms with Gasteiger partial charge in [0.1, 0.15) is 4.32 Å². The van der Waals surface area contributed by atoms with Crippen LogP contribution in [0, 0.1) is 11.3 Å². The quantitative estimate of drug-likeness (QED) is 0.642. The number of nitrogens with zero attached hydrogens (tertiary/aromatic N) is 3. The summed E-state index contributed by atoms with van der Waals surface area (Å²) in [6, 6.07) is 5.93. The fourth-order valence-corrected chi connectivity index (χ4v) is 1.47. The lowest BCUT2D eigenvalue weighted by atomic mass is 10.2. The summed E-state index contributed by atoms with van der Waals surface area (Å²) < 4.78 is 0.508. The van der Waals surface area contributed by atoms with Crippen molar-refractivity contribution in [3.63, 3.8) is 0 Å². The van der Waals surface area contributed by atoms with Gasteiger partial charge < -0.3 is 4.90 Å². The summed E-state index contributed by atoms with van der Waals surface area (Å²) in [5, 5.41) is 8.51. The van der Waals surface area contributed by atoms with Crippen LogP contribution in [0.2, 0.25) is 0 Å². The van der Waals surface area contributed by atoms with Crippen LogP contribution in [0.4, 0.5) is 0 Å². The molecule has 1 rings (SSSR count). The number of aromatic nitrogens is 1. The summed E-state index contributed by atoms with van der Waals surface area (Å²) in [6.45, 7) is 1.26. The number of hydrogen-bond acceptors (Lipinski definition) is 3. The molecule has 0 aliphatic rings. The largest absolute Gasteiger partial charge is 0.352 e. The van der Waals surface area contributed by atoms with E-state index in [1.807, 2.05) is 17.0 Å². The molecule has 78 valence electrons. The van der Waals surface area contributed by atoms with Crippen molar-refractivity contribution in [1.29, 1.82) is 5.26 Å². The van der Waals surface area contributed by atoms with Gasteiger partial charge in [0, 0.05) is 25.5 Å². The lowest BCUT2D eigenvalue weighted by molar-refractivity contribution is 0.436. The number of hydrogen-bond donors (Lipinski definition) is 1. The van der Waals surface area contributed by atoms with E-state index in [-0.39, 0.29) is 0 Å². The second kappa shape index (κ2) is 6.38. The van der Waals surface area contributed by atoms with E-state index in [0.717, 1.165) is 5.56 Å². The van der Waals surface area contributed by atoms with Gasteiger partial charge in [-0.15, -0.1) is 12.6 Å². The summed E-state index contributed by atoms with van der Waals surface area (Å²) in [5.74, 6) is 0. The van der Waals surface area contributed by atoms with Crippen LogP contribution >= 0.6 is 24.8 Å². The van der Waals surface area contributed by atoms with Gasteiger partial charge in [-0.1, -0.05) is 18.3 Å². The Morgan fingerprint density at radius 2 is 2.47 bits per heavy atom. The second-order valence-electron chi connectivity index (χ2n) is 2.97. The van der Waals surface area contributed by atoms with Crippen molar-refractivity contribution < 1.29 is 0 Å². The van der Waals surface area contributed by atoms with Crippen molar-refractivity contribution in [2.75, 3.05) is 6.54 Å². The fourth-order valence-electron chi connectivity index (χ4n) is 1.14. The van der Waals surface area contributed by atoms with Crippen LogP contribution in [0.5, 0.6) is 0 Å². The Kier molecular flexibility index (Phi) is 5.08. The van der Waals surface area contributed by atoms with Crippen LogP contribution in [0.25, 0.3) is 0 Å². The maximum absolute atomic E-state index is 8.51. The molecule has 0 saturated heterocycles. The van der Waals surface area contributed by atoms with Crippen molar-refractivity contribution in [1.82, 2.24) is 9.88 Å². The number of pyridine rings is 1. The second-order valence-corrected chi connectivity index (χ2v) is 4.09. The molecule has 15 heavy (non-hydrogen) atoms. The maximum atomic E-state index is 8.51. The van der Waals surface area contributed by atoms with Crippen molar-refractivity contribution in [3.8, 4) is 6.07 Å². The molecule has 1 aromatic rings. The highest BCUT2D eigenvalue weighted by Gasteiger charge is 2.06. The standard InChI is InChI=1S/C10H11N3S2/c11-4-2-6-13(10(14)15)8-9-3-1-5-12-7-9/h1,3,5,7H,2,6,8H2,(H,14,15). The molecule has 0 saturated carbocycles. The van der Waals surface area contributed by atoms with Crippen LogP contribution in [-0.2, 0) is 6.54 Å². The summed E-state index contributed by atoms with van der Waals surface area (Å²) in [4.78, 5) is 5.89. The maximum Gasteiger partial charge on any atom is 0.133 e. The Morgan fingerprint density at radius 1 is 1.67 bits per heavy atom. The SMILES string of the molecule is N#CCCN(Cc1cccnc1)C(=S)S. The minimum Gasteiger partial charge on any atom is -0.352 e. The van der Waals surface area contributed by atoms with E-state index in [0.29, 0.717) is 23.8 Å². The first kappa shape index (κ1) is 12.0. The molecule has 0 aromatic carbocycles. The fraction of sp³-hybridized carbons (Fsp3) is 0.300. The molecule has 0 aliphatic heterocycles. The third-order valence-corrected chi connectivity index (χ3v) is 2.40. The zero-order valence-electron chi connectivity index (χ0n) is 8.13. The number of thiol groups is 1. The third-order valence-electron chi connectivity index (χ3n) is 1.86. The molecular weight excluding hydrogens is 226 g/mol. The average Bonchev–Trinajstić information content (AvgIpc) is 2.25. The van der Waals surface area contributed by atoms with Crippen LogP contribution in [0.15, 0.2) is 24.5 Å². The molecule has 0 bridgehead atoms. The highest BCUT2D eigenvalue weighted by atomic mass is 32.1. The van der Waals surface area contributed by atoms with Crippen LogP contribution in [-0.4, -0.2) is 20.7 Å². The lowest BCUT2D eigenvalue weighted by Gasteiger charge is -2.21. The Bertz CT molecular complexity index is 359. The monoisotopic (exact) mass is 237 g/mol. The van der Waals surface area contributed by atoms with Gasteiger partial charge in [-0.25, -0.2) is 0 Å². The molecule has 0 amide bonds. The molecule has 5 heteroatoms. The summed E-state index contributed by atoms with van der Waals surface area (Å²) in [5.41, 5.74) is 1.06. The van der Waals surface area contributed by atoms with Gasteiger partial charge in [-0.3, -0.25) is 4.98 Å². The van der Waals surface area contributed by atoms with Gasteiger partial charge in [0.15, 0.2) is 0 Å². The van der Waals surface area contributed by atoms with Crippen LogP contribution < -0.4 is 0 Å². The number of rotatable bonds is 4. The van der Waals surface area contributed by atoms with Crippen molar-refractivity contribution in [2.24, 2.45) is 0 Å². The molecule has 0 fully saturated rings. The zero-order chi connectivity index (χ0) is 11.1. The summed E-state index contributed by atoms with van der Waals surface area (Å²) in [6.07, 6.45) is 3.95. The van der Waals surface area contributed by atoms with Gasteiger partial charge in [0.05, 0.1) is 12.5 Å². The Labute approximate surface area is 100 Å². The lowest BCUT2D eigenvalue weighted by Crippen LogP contribution is -2.26. The van der Waals surface area contributed by atoms with E-state index in [9.17, 15) is 0 Å². The molecule has 1 heterocycles. The molecule has 0 radical (unpaired) electrons. The molecule has 0 spiro atoms. The number of thiocarbonyl (C=S) groups is 1. The minimum atomic E-state index is 0.445. The van der Waals surface area contributed by atoms with E-state index in [1.165, 1.54) is 0 Å². The first-order chi connectivity index (χ1) is 7.24. The van der Waals surface area contributed by atoms with E-state index in [2.05, 4.69) is 23.7 Å². The smallest absolute Gasteiger partial charge is 0.133 e. The van der Waals surface area contributed by atoms with Crippen molar-refractivity contribution in [3.05, 3.63) is 30.1 Å². The molecule has 0 unspecified atom stereocenters. The van der Waals surface area contributed by atoms with Crippen LogP contribution in [0.3, 0.4) is 0 Å². The molecule has 0 atom stereocenters.